The van der Waals surface area contributed by atoms with E-state index >= 15 is 0 Å². The average molecular weight is 183 g/mol. The van der Waals surface area contributed by atoms with E-state index in [1.54, 1.807) is 0 Å². The number of aliphatic hydroxyl groups is 2. The minimum Gasteiger partial charge on any atom is -0.393 e. The smallest absolute Gasteiger partial charge is 0.327 e. The molecule has 2 unspecified atom stereocenters. The van der Waals surface area contributed by atoms with Gasteiger partial charge in [0.25, 0.3) is 0 Å². The number of carbonyl (C=O) groups is 1. The van der Waals surface area contributed by atoms with Crippen molar-refractivity contribution in [2.24, 2.45) is 0 Å². The van der Waals surface area contributed by atoms with Crippen molar-refractivity contribution in [3.8, 4) is 0 Å². The van der Waals surface area contributed by atoms with Gasteiger partial charge < -0.3 is 14.5 Å². The Kier molecular flexibility index (Phi) is 5.19. The zero-order chi connectivity index (χ0) is 8.85. The first kappa shape index (κ1) is 10.7. The molecule has 0 amide bonds. The lowest BCUT2D eigenvalue weighted by Gasteiger charge is -2.09. The van der Waals surface area contributed by atoms with Crippen molar-refractivity contribution in [1.82, 2.24) is 0 Å². The van der Waals surface area contributed by atoms with Gasteiger partial charge >= 0.3 is 5.97 Å². The van der Waals surface area contributed by atoms with E-state index in [2.05, 4.69) is 4.29 Å². The van der Waals surface area contributed by atoms with Crippen LogP contribution >= 0.6 is 11.9 Å². The van der Waals surface area contributed by atoms with Gasteiger partial charge in [-0.1, -0.05) is 0 Å². The van der Waals surface area contributed by atoms with Gasteiger partial charge in [-0.25, -0.2) is 0 Å². The second kappa shape index (κ2) is 5.35. The minimum absolute atomic E-state index is 0.145. The Bertz CT molecular complexity index is 126. The van der Waals surface area contributed by atoms with Crippen LogP contribution in [-0.2, 0) is 9.08 Å². The summed E-state index contributed by atoms with van der Waals surface area (Å²) in [4.78, 5) is 10.4. The maximum absolute atomic E-state index is 10.4. The van der Waals surface area contributed by atoms with Gasteiger partial charge in [0.2, 0.25) is 0 Å². The van der Waals surface area contributed by atoms with Gasteiger partial charge in [0.15, 0.2) is 0 Å². The van der Waals surface area contributed by atoms with Gasteiger partial charge in [0.05, 0.1) is 18.6 Å². The summed E-state index contributed by atoms with van der Waals surface area (Å²) in [5, 5.41) is 17.8. The zero-order valence-electron chi connectivity index (χ0n) is 6.16. The predicted octanol–water partition coefficient (Wildman–Crippen LogP) is 0.205. The van der Waals surface area contributed by atoms with Crippen LogP contribution in [0.5, 0.6) is 0 Å². The molecule has 0 rings (SSSR count). The third-order valence-electron chi connectivity index (χ3n) is 1.10. The summed E-state index contributed by atoms with van der Waals surface area (Å²) in [6.07, 6.45) is -1.56. The van der Waals surface area contributed by atoms with Gasteiger partial charge in [0.1, 0.15) is 11.9 Å². The van der Waals surface area contributed by atoms with Crippen LogP contribution in [0.3, 0.4) is 0 Å². The number of halogens is 1. The van der Waals surface area contributed by atoms with Crippen molar-refractivity contribution < 1.29 is 19.3 Å². The first-order valence-corrected chi connectivity index (χ1v) is 3.54. The Balaban J connectivity index is 3.51. The van der Waals surface area contributed by atoms with Gasteiger partial charge in [-0.05, 0) is 13.3 Å². The van der Waals surface area contributed by atoms with Gasteiger partial charge in [0, 0.05) is 0 Å². The first-order chi connectivity index (χ1) is 5.06. The molecule has 2 atom stereocenters. The summed E-state index contributed by atoms with van der Waals surface area (Å²) in [7, 11) is 0. The van der Waals surface area contributed by atoms with E-state index in [0.717, 1.165) is 0 Å². The molecule has 0 spiro atoms. The van der Waals surface area contributed by atoms with Gasteiger partial charge in [-0.15, -0.1) is 0 Å². The zero-order valence-corrected chi connectivity index (χ0v) is 6.91. The lowest BCUT2D eigenvalue weighted by Crippen LogP contribution is -2.18. The molecule has 66 valence electrons. The van der Waals surface area contributed by atoms with Gasteiger partial charge in [-0.2, -0.15) is 0 Å². The SMILES string of the molecule is CC(O)CC(O)CC(=O)OCl. The molecule has 0 saturated carbocycles. The fourth-order valence-corrected chi connectivity index (χ4v) is 0.764. The summed E-state index contributed by atoms with van der Waals surface area (Å²) >= 11 is 4.71. The number of aliphatic hydroxyl groups excluding tert-OH is 2. The summed E-state index contributed by atoms with van der Waals surface area (Å²) < 4.78 is 3.79. The molecule has 0 aromatic rings. The topological polar surface area (TPSA) is 66.8 Å². The van der Waals surface area contributed by atoms with Gasteiger partial charge in [-0.3, -0.25) is 4.79 Å². The van der Waals surface area contributed by atoms with E-state index in [0.29, 0.717) is 0 Å². The largest absolute Gasteiger partial charge is 0.393 e. The van der Waals surface area contributed by atoms with Crippen molar-refractivity contribution in [2.75, 3.05) is 0 Å². The Labute approximate surface area is 69.9 Å². The van der Waals surface area contributed by atoms with Crippen molar-refractivity contribution in [2.45, 2.75) is 32.0 Å². The summed E-state index contributed by atoms with van der Waals surface area (Å²) in [6.45, 7) is 1.52. The van der Waals surface area contributed by atoms with E-state index < -0.39 is 18.2 Å². The molecule has 0 aromatic carbocycles. The fraction of sp³-hybridized carbons (Fsp3) is 0.833. The summed E-state index contributed by atoms with van der Waals surface area (Å²) in [6, 6.07) is 0. The Morgan fingerprint density at radius 1 is 1.64 bits per heavy atom. The Morgan fingerprint density at radius 3 is 2.55 bits per heavy atom. The number of hydrogen-bond acceptors (Lipinski definition) is 4. The molecular weight excluding hydrogens is 172 g/mol. The molecule has 0 aliphatic heterocycles. The van der Waals surface area contributed by atoms with E-state index in [4.69, 9.17) is 22.1 Å². The van der Waals surface area contributed by atoms with Crippen molar-refractivity contribution in [1.29, 1.82) is 0 Å². The molecule has 4 nitrogen and oxygen atoms in total. The van der Waals surface area contributed by atoms with Crippen LogP contribution in [0, 0.1) is 0 Å². The molecule has 0 bridgehead atoms. The normalized spacial score (nSPS) is 15.6. The van der Waals surface area contributed by atoms with E-state index in [1.807, 2.05) is 0 Å². The van der Waals surface area contributed by atoms with E-state index in [9.17, 15) is 4.79 Å². The minimum atomic E-state index is -0.888. The molecule has 11 heavy (non-hydrogen) atoms. The lowest BCUT2D eigenvalue weighted by molar-refractivity contribution is -0.136. The Hall–Kier alpha value is -0.320. The molecule has 0 fully saturated rings. The number of carbonyl (C=O) groups excluding carboxylic acids is 1. The predicted molar refractivity (Wildman–Crippen MR) is 38.9 cm³/mol. The van der Waals surface area contributed by atoms with Crippen LogP contribution < -0.4 is 0 Å². The molecule has 0 heterocycles. The molecule has 0 aliphatic rings. The quantitative estimate of drug-likeness (QED) is 0.652. The highest BCUT2D eigenvalue weighted by Crippen LogP contribution is 2.03. The fourth-order valence-electron chi connectivity index (χ4n) is 0.701. The third kappa shape index (κ3) is 6.09. The molecule has 0 radical (unpaired) electrons. The second-order valence-electron chi connectivity index (χ2n) is 2.39. The van der Waals surface area contributed by atoms with E-state index in [-0.39, 0.29) is 12.8 Å². The number of rotatable bonds is 4. The summed E-state index contributed by atoms with van der Waals surface area (Å²) in [5.41, 5.74) is 0. The highest BCUT2D eigenvalue weighted by atomic mass is 35.5. The highest BCUT2D eigenvalue weighted by molar-refractivity contribution is 6.13. The molecule has 2 N–H and O–H groups in total. The van der Waals surface area contributed by atoms with Crippen molar-refractivity contribution >= 4 is 17.8 Å². The first-order valence-electron chi connectivity index (χ1n) is 3.23. The standard InChI is InChI=1S/C6H11ClO4/c1-4(8)2-5(9)3-6(10)11-7/h4-5,8-9H,2-3H2,1H3. The van der Waals surface area contributed by atoms with Crippen LogP contribution in [0.2, 0.25) is 0 Å². The van der Waals surface area contributed by atoms with Crippen molar-refractivity contribution in [3.63, 3.8) is 0 Å². The molecule has 0 aliphatic carbocycles. The maximum atomic E-state index is 10.4. The average Bonchev–Trinajstić information content (AvgIpc) is 1.85. The molecular formula is C6H11ClO4. The number of hydrogen-bond donors (Lipinski definition) is 2. The highest BCUT2D eigenvalue weighted by Gasteiger charge is 2.13. The summed E-state index contributed by atoms with van der Waals surface area (Å²) in [5.74, 6) is -0.695. The van der Waals surface area contributed by atoms with Crippen LogP contribution in [0.15, 0.2) is 0 Å². The van der Waals surface area contributed by atoms with Crippen LogP contribution in [0.4, 0.5) is 0 Å². The van der Waals surface area contributed by atoms with Crippen LogP contribution in [-0.4, -0.2) is 28.4 Å². The van der Waals surface area contributed by atoms with Crippen LogP contribution in [0.25, 0.3) is 0 Å². The monoisotopic (exact) mass is 182 g/mol. The van der Waals surface area contributed by atoms with Crippen molar-refractivity contribution in [3.05, 3.63) is 0 Å². The molecule has 0 saturated heterocycles. The third-order valence-corrected chi connectivity index (χ3v) is 1.27. The van der Waals surface area contributed by atoms with Crippen LogP contribution in [0.1, 0.15) is 19.8 Å². The maximum Gasteiger partial charge on any atom is 0.327 e. The molecule has 5 heteroatoms. The van der Waals surface area contributed by atoms with E-state index in [1.165, 1.54) is 6.92 Å². The second-order valence-corrected chi connectivity index (χ2v) is 2.55. The molecule has 0 aromatic heterocycles. The lowest BCUT2D eigenvalue weighted by atomic mass is 10.1. The Morgan fingerprint density at radius 2 is 2.18 bits per heavy atom.